The van der Waals surface area contributed by atoms with Crippen LogP contribution in [0, 0.1) is 11.3 Å². The van der Waals surface area contributed by atoms with E-state index in [1.807, 2.05) is 18.2 Å². The molecule has 2 aromatic carbocycles. The number of benzene rings is 2. The molecule has 36 heavy (non-hydrogen) atoms. The van der Waals surface area contributed by atoms with Crippen LogP contribution in [0.15, 0.2) is 61.3 Å². The second-order valence-corrected chi connectivity index (χ2v) is 8.43. The predicted octanol–water partition coefficient (Wildman–Crippen LogP) is 3.29. The minimum Gasteiger partial charge on any atom is -0.508 e. The molecule has 1 aliphatic heterocycles. The van der Waals surface area contributed by atoms with E-state index in [-0.39, 0.29) is 17.6 Å². The average Bonchev–Trinajstić information content (AvgIpc) is 2.90. The van der Waals surface area contributed by atoms with Crippen LogP contribution in [0.1, 0.15) is 11.1 Å². The molecular formula is C26H28N8O2. The molecule has 0 saturated carbocycles. The summed E-state index contributed by atoms with van der Waals surface area (Å²) in [5.41, 5.74) is 3.40. The summed E-state index contributed by atoms with van der Waals surface area (Å²) >= 11 is 0. The van der Waals surface area contributed by atoms with Gasteiger partial charge in [0, 0.05) is 38.4 Å². The van der Waals surface area contributed by atoms with E-state index in [9.17, 15) is 15.2 Å². The van der Waals surface area contributed by atoms with Gasteiger partial charge >= 0.3 is 0 Å². The molecule has 10 nitrogen and oxygen atoms in total. The number of hydrogen-bond donors (Lipinski definition) is 4. The fraction of sp³-hybridized carbons (Fsp3) is 0.231. The highest BCUT2D eigenvalue weighted by Gasteiger charge is 2.17. The van der Waals surface area contributed by atoms with Crippen molar-refractivity contribution in [3.05, 3.63) is 72.4 Å². The van der Waals surface area contributed by atoms with Gasteiger partial charge in [0.25, 0.3) is 0 Å². The number of aromatic nitrogens is 2. The molecule has 0 aliphatic carbocycles. The van der Waals surface area contributed by atoms with Gasteiger partial charge < -0.3 is 30.9 Å². The van der Waals surface area contributed by atoms with Crippen molar-refractivity contribution in [3.8, 4) is 11.8 Å². The van der Waals surface area contributed by atoms with Gasteiger partial charge in [-0.3, -0.25) is 4.79 Å². The lowest BCUT2D eigenvalue weighted by Gasteiger charge is -2.34. The number of phenols is 1. The average molecular weight is 485 g/mol. The lowest BCUT2D eigenvalue weighted by atomic mass is 10.2. The lowest BCUT2D eigenvalue weighted by Crippen LogP contribution is -2.44. The van der Waals surface area contributed by atoms with E-state index in [0.29, 0.717) is 29.3 Å². The molecule has 1 fully saturated rings. The van der Waals surface area contributed by atoms with E-state index in [0.717, 1.165) is 37.4 Å². The molecule has 0 bridgehead atoms. The number of piperazine rings is 1. The van der Waals surface area contributed by atoms with Crippen molar-refractivity contribution in [1.29, 1.82) is 5.26 Å². The van der Waals surface area contributed by atoms with E-state index in [4.69, 9.17) is 0 Å². The molecule has 4 N–H and O–H groups in total. The number of anilines is 5. The third kappa shape index (κ3) is 6.08. The van der Waals surface area contributed by atoms with Crippen LogP contribution in [0.3, 0.4) is 0 Å². The van der Waals surface area contributed by atoms with E-state index in [1.165, 1.54) is 12.3 Å². The highest BCUT2D eigenvalue weighted by Crippen LogP contribution is 2.31. The molecule has 1 aromatic heterocycles. The molecule has 2 heterocycles. The Bertz CT molecular complexity index is 1280. The Morgan fingerprint density at radius 2 is 1.92 bits per heavy atom. The number of rotatable bonds is 8. The van der Waals surface area contributed by atoms with Crippen molar-refractivity contribution < 1.29 is 9.90 Å². The van der Waals surface area contributed by atoms with Crippen LogP contribution in [0.2, 0.25) is 0 Å². The number of nitrogens with zero attached hydrogens (tertiary/aromatic N) is 5. The van der Waals surface area contributed by atoms with Crippen molar-refractivity contribution in [3.63, 3.8) is 0 Å². The summed E-state index contributed by atoms with van der Waals surface area (Å²) in [5.74, 6) is 0.492. The van der Waals surface area contributed by atoms with Gasteiger partial charge in [-0.15, -0.1) is 0 Å². The molecule has 4 rings (SSSR count). The van der Waals surface area contributed by atoms with Gasteiger partial charge in [-0.2, -0.15) is 10.2 Å². The number of hydrogen-bond acceptors (Lipinski definition) is 9. The summed E-state index contributed by atoms with van der Waals surface area (Å²) in [7, 11) is 2.10. The Balaban J connectivity index is 1.56. The highest BCUT2D eigenvalue weighted by molar-refractivity contribution is 6.01. The Morgan fingerprint density at radius 3 is 2.61 bits per heavy atom. The Labute approximate surface area is 209 Å². The van der Waals surface area contributed by atoms with Crippen molar-refractivity contribution in [2.24, 2.45) is 0 Å². The largest absolute Gasteiger partial charge is 0.508 e. The van der Waals surface area contributed by atoms with Crippen LogP contribution in [0.4, 0.5) is 28.8 Å². The molecule has 0 spiro atoms. The molecule has 0 unspecified atom stereocenters. The minimum atomic E-state index is -0.328. The first-order valence-electron chi connectivity index (χ1n) is 11.5. The summed E-state index contributed by atoms with van der Waals surface area (Å²) in [6.07, 6.45) is 2.66. The third-order valence-electron chi connectivity index (χ3n) is 5.87. The normalized spacial score (nSPS) is 13.5. The van der Waals surface area contributed by atoms with Crippen molar-refractivity contribution in [1.82, 2.24) is 14.9 Å². The fourth-order valence-electron chi connectivity index (χ4n) is 3.77. The first kappa shape index (κ1) is 24.5. The van der Waals surface area contributed by atoms with Crippen LogP contribution in [-0.2, 0) is 11.3 Å². The van der Waals surface area contributed by atoms with Gasteiger partial charge in [0.15, 0.2) is 0 Å². The fourth-order valence-corrected chi connectivity index (χ4v) is 3.77. The maximum absolute atomic E-state index is 12.1. The number of carbonyl (C=O) groups excluding carboxylic acids is 1. The number of likely N-dealkylation sites (N-methyl/N-ethyl adjacent to an activating group) is 1. The third-order valence-corrected chi connectivity index (χ3v) is 5.87. The summed E-state index contributed by atoms with van der Waals surface area (Å²) in [6.45, 7) is 7.68. The summed E-state index contributed by atoms with van der Waals surface area (Å²) in [6, 6.07) is 14.6. The van der Waals surface area contributed by atoms with Crippen LogP contribution >= 0.6 is 0 Å². The Kier molecular flexibility index (Phi) is 7.63. The first-order valence-corrected chi connectivity index (χ1v) is 11.5. The number of nitriles is 1. The monoisotopic (exact) mass is 484 g/mol. The molecule has 184 valence electrons. The van der Waals surface area contributed by atoms with Crippen molar-refractivity contribution >= 4 is 34.7 Å². The predicted molar refractivity (Wildman–Crippen MR) is 140 cm³/mol. The summed E-state index contributed by atoms with van der Waals surface area (Å²) in [4.78, 5) is 25.4. The second kappa shape index (κ2) is 11.2. The molecule has 1 amide bonds. The summed E-state index contributed by atoms with van der Waals surface area (Å²) in [5, 5.41) is 28.1. The van der Waals surface area contributed by atoms with Crippen LogP contribution in [0.25, 0.3) is 0 Å². The maximum Gasteiger partial charge on any atom is 0.247 e. The molecule has 3 aromatic rings. The number of aromatic hydroxyl groups is 1. The Morgan fingerprint density at radius 1 is 1.17 bits per heavy atom. The number of amides is 1. The zero-order valence-electron chi connectivity index (χ0n) is 20.0. The zero-order valence-corrected chi connectivity index (χ0v) is 20.0. The summed E-state index contributed by atoms with van der Waals surface area (Å²) < 4.78 is 0. The molecular weight excluding hydrogens is 456 g/mol. The molecule has 1 saturated heterocycles. The molecule has 10 heteroatoms. The minimum absolute atomic E-state index is 0.183. The number of carbonyl (C=O) groups is 1. The van der Waals surface area contributed by atoms with Gasteiger partial charge in [0.1, 0.15) is 23.2 Å². The first-order chi connectivity index (χ1) is 17.4. The van der Waals surface area contributed by atoms with Crippen LogP contribution in [-0.4, -0.2) is 59.1 Å². The van der Waals surface area contributed by atoms with Crippen molar-refractivity contribution in [2.75, 3.05) is 54.1 Å². The quantitative estimate of drug-likeness (QED) is 0.356. The lowest BCUT2D eigenvalue weighted by molar-refractivity contribution is -0.111. The van der Waals surface area contributed by atoms with Gasteiger partial charge in [-0.05, 0) is 49.0 Å². The van der Waals surface area contributed by atoms with E-state index in [2.05, 4.69) is 55.4 Å². The van der Waals surface area contributed by atoms with E-state index < -0.39 is 0 Å². The SMILES string of the molecule is C=CC(=O)Nc1cc(N2CCN(C)CC2)ccc1Nc1ncc(C#N)c(NCc2ccc(O)cc2)n1. The molecule has 0 radical (unpaired) electrons. The highest BCUT2D eigenvalue weighted by atomic mass is 16.3. The van der Waals surface area contributed by atoms with E-state index in [1.54, 1.807) is 24.3 Å². The smallest absolute Gasteiger partial charge is 0.247 e. The standard InChI is InChI=1S/C26H28N8O2/c1-3-24(36)30-23-14-20(34-12-10-33(2)11-13-34)6-9-22(23)31-26-29-17-19(15-27)25(32-26)28-16-18-4-7-21(35)8-5-18/h3-9,14,17,35H,1,10-13,16H2,2H3,(H,30,36)(H2,28,29,31,32). The van der Waals surface area contributed by atoms with E-state index >= 15 is 0 Å². The number of nitrogens with one attached hydrogen (secondary N) is 3. The molecule has 1 aliphatic rings. The number of phenolic OH excluding ortho intramolecular Hbond substituents is 1. The Hall–Kier alpha value is -4.62. The van der Waals surface area contributed by atoms with Gasteiger partial charge in [0.05, 0.1) is 17.6 Å². The zero-order chi connectivity index (χ0) is 25.5. The van der Waals surface area contributed by atoms with Crippen molar-refractivity contribution in [2.45, 2.75) is 6.54 Å². The van der Waals surface area contributed by atoms with Gasteiger partial charge in [-0.25, -0.2) is 4.98 Å². The van der Waals surface area contributed by atoms with Crippen LogP contribution in [0.5, 0.6) is 5.75 Å². The second-order valence-electron chi connectivity index (χ2n) is 8.43. The van der Waals surface area contributed by atoms with Gasteiger partial charge in [0.2, 0.25) is 11.9 Å². The maximum atomic E-state index is 12.1. The molecule has 0 atom stereocenters. The van der Waals surface area contributed by atoms with Crippen LogP contribution < -0.4 is 20.9 Å². The topological polar surface area (TPSA) is 129 Å². The van der Waals surface area contributed by atoms with Gasteiger partial charge in [-0.1, -0.05) is 18.7 Å².